The highest BCUT2D eigenvalue weighted by molar-refractivity contribution is 5.84. The molecule has 0 radical (unpaired) electrons. The van der Waals surface area contributed by atoms with Crippen LogP contribution >= 0.6 is 0 Å². The lowest BCUT2D eigenvalue weighted by molar-refractivity contribution is -0.139. The molecule has 0 aromatic heterocycles. The first-order valence-corrected chi connectivity index (χ1v) is 8.48. The second kappa shape index (κ2) is 6.89. The molecule has 1 nitrogen and oxygen atoms in total. The number of hydrogen-bond acceptors (Lipinski definition) is 1. The van der Waals surface area contributed by atoms with Gasteiger partial charge in [0.05, 0.1) is 5.56 Å². The molecule has 0 bridgehead atoms. The van der Waals surface area contributed by atoms with Crippen molar-refractivity contribution in [2.75, 3.05) is 0 Å². The predicted octanol–water partition coefficient (Wildman–Crippen LogP) is 6.22. The fourth-order valence-corrected chi connectivity index (χ4v) is 3.87. The quantitative estimate of drug-likeness (QED) is 0.245. The van der Waals surface area contributed by atoms with E-state index in [0.717, 1.165) is 0 Å². The van der Waals surface area contributed by atoms with E-state index in [2.05, 4.69) is 0 Å². The summed E-state index contributed by atoms with van der Waals surface area (Å²) in [4.78, 5) is 0. The fraction of sp³-hybridized carbons (Fsp3) is 0.100. The maximum atomic E-state index is 14.7. The minimum absolute atomic E-state index is 0.0776. The van der Waals surface area contributed by atoms with E-state index in [9.17, 15) is 57.8 Å². The van der Waals surface area contributed by atoms with E-state index in [1.165, 1.54) is 0 Å². The van der Waals surface area contributed by atoms with Crippen LogP contribution in [0.5, 0.6) is 0 Å². The lowest BCUT2D eigenvalue weighted by Gasteiger charge is -2.30. The van der Waals surface area contributed by atoms with Gasteiger partial charge in [0.25, 0.3) is 0 Å². The first-order chi connectivity index (χ1) is 15.2. The summed E-state index contributed by atoms with van der Waals surface area (Å²) >= 11 is 0. The van der Waals surface area contributed by atoms with Crippen LogP contribution < -0.4 is 0 Å². The van der Waals surface area contributed by atoms with Gasteiger partial charge in [-0.1, -0.05) is 6.07 Å². The number of aliphatic hydroxyl groups is 1. The third kappa shape index (κ3) is 2.81. The first-order valence-electron chi connectivity index (χ1n) is 8.48. The summed E-state index contributed by atoms with van der Waals surface area (Å²) < 4.78 is 168. The van der Waals surface area contributed by atoms with Crippen LogP contribution in [0, 0.1) is 52.4 Å². The van der Waals surface area contributed by atoms with E-state index in [-0.39, 0.29) is 18.2 Å². The average Bonchev–Trinajstić information content (AvgIpc) is 3.02. The number of hydrogen-bond donors (Lipinski definition) is 1. The lowest BCUT2D eigenvalue weighted by atomic mass is 9.80. The number of alkyl halides is 3. The van der Waals surface area contributed by atoms with Crippen molar-refractivity contribution >= 4 is 0 Å². The van der Waals surface area contributed by atoms with Gasteiger partial charge in [0.2, 0.25) is 0 Å². The van der Waals surface area contributed by atoms with Crippen molar-refractivity contribution in [3.63, 3.8) is 0 Å². The van der Waals surface area contributed by atoms with Gasteiger partial charge in [-0.15, -0.1) is 0 Å². The Balaban J connectivity index is 2.33. The van der Waals surface area contributed by atoms with E-state index in [4.69, 9.17) is 0 Å². The fourth-order valence-electron chi connectivity index (χ4n) is 3.87. The molecule has 0 atom stereocenters. The average molecular weight is 488 g/mol. The summed E-state index contributed by atoms with van der Waals surface area (Å²) in [5.74, 6) is -22.7. The summed E-state index contributed by atoms with van der Waals surface area (Å²) in [7, 11) is 0. The van der Waals surface area contributed by atoms with E-state index in [1.54, 1.807) is 0 Å². The molecule has 174 valence electrons. The van der Waals surface area contributed by atoms with E-state index >= 15 is 0 Å². The molecule has 1 N–H and O–H groups in total. The third-order valence-corrected chi connectivity index (χ3v) is 5.18. The second-order valence-electron chi connectivity index (χ2n) is 6.91. The molecule has 1 aliphatic rings. The zero-order valence-corrected chi connectivity index (χ0v) is 15.2. The monoisotopic (exact) mass is 488 g/mol. The molecule has 0 saturated carbocycles. The minimum Gasteiger partial charge on any atom is -0.376 e. The van der Waals surface area contributed by atoms with Gasteiger partial charge in [-0.2, -0.15) is 13.2 Å². The molecule has 13 heteroatoms. The van der Waals surface area contributed by atoms with Gasteiger partial charge in [0.15, 0.2) is 46.5 Å². The number of rotatable bonds is 1. The summed E-state index contributed by atoms with van der Waals surface area (Å²) in [5, 5.41) is 11.1. The Morgan fingerprint density at radius 2 is 0.970 bits per heavy atom. The SMILES string of the molecule is OC1(c2ccc(F)cc2C(F)(F)F)c2c(F)c(F)c(F)c(F)c2-c2c(F)c(F)c(F)c(F)c21. The van der Waals surface area contributed by atoms with Gasteiger partial charge in [0.1, 0.15) is 11.4 Å². The molecule has 0 saturated heterocycles. The Hall–Kier alpha value is -3.22. The Kier molecular flexibility index (Phi) is 4.79. The molecule has 3 aromatic carbocycles. The molecule has 3 aromatic rings. The maximum absolute atomic E-state index is 14.7. The standard InChI is InChI=1S/C20H4F12O/c21-4-1-2-5(6(3-4)20(30,31)32)19(33)9-7(11(22)15(26)17(28)13(9)24)8-10(19)14(25)18(29)16(27)12(8)23/h1-3,33H. The van der Waals surface area contributed by atoms with Crippen molar-refractivity contribution in [3.8, 4) is 11.1 Å². The van der Waals surface area contributed by atoms with Crippen LogP contribution in [0.2, 0.25) is 0 Å². The Bertz CT molecular complexity index is 1290. The van der Waals surface area contributed by atoms with Crippen LogP contribution in [0.25, 0.3) is 11.1 Å². The van der Waals surface area contributed by atoms with Crippen LogP contribution in [0.15, 0.2) is 18.2 Å². The van der Waals surface area contributed by atoms with Gasteiger partial charge < -0.3 is 5.11 Å². The third-order valence-electron chi connectivity index (χ3n) is 5.18. The van der Waals surface area contributed by atoms with Crippen LogP contribution in [0.3, 0.4) is 0 Å². The van der Waals surface area contributed by atoms with Crippen LogP contribution in [0.4, 0.5) is 52.7 Å². The predicted molar refractivity (Wildman–Crippen MR) is 85.0 cm³/mol. The lowest BCUT2D eigenvalue weighted by Crippen LogP contribution is -2.33. The molecule has 0 unspecified atom stereocenters. The number of benzene rings is 3. The summed E-state index contributed by atoms with van der Waals surface area (Å²) in [6, 6.07) is 0.0179. The smallest absolute Gasteiger partial charge is 0.376 e. The molecule has 0 aliphatic heterocycles. The van der Waals surface area contributed by atoms with Crippen molar-refractivity contribution in [2.24, 2.45) is 0 Å². The summed E-state index contributed by atoms with van der Waals surface area (Å²) in [6.45, 7) is 0. The molecule has 4 rings (SSSR count). The molecule has 0 spiro atoms. The van der Waals surface area contributed by atoms with E-state index in [1.807, 2.05) is 0 Å². The van der Waals surface area contributed by atoms with Crippen molar-refractivity contribution in [1.82, 2.24) is 0 Å². The van der Waals surface area contributed by atoms with Crippen LogP contribution in [-0.2, 0) is 11.8 Å². The highest BCUT2D eigenvalue weighted by atomic mass is 19.4. The van der Waals surface area contributed by atoms with Gasteiger partial charge in [-0.05, 0) is 12.1 Å². The molecule has 0 fully saturated rings. The van der Waals surface area contributed by atoms with Crippen molar-refractivity contribution in [3.05, 3.63) is 92.8 Å². The highest BCUT2D eigenvalue weighted by Gasteiger charge is 2.56. The Labute approximate surface area is 174 Å². The zero-order valence-electron chi connectivity index (χ0n) is 15.2. The van der Waals surface area contributed by atoms with Gasteiger partial charge >= 0.3 is 6.18 Å². The largest absolute Gasteiger partial charge is 0.416 e. The minimum atomic E-state index is -5.60. The van der Waals surface area contributed by atoms with E-state index < -0.39 is 97.5 Å². The molecular weight excluding hydrogens is 484 g/mol. The molecule has 0 amide bonds. The van der Waals surface area contributed by atoms with Gasteiger partial charge in [-0.3, -0.25) is 0 Å². The van der Waals surface area contributed by atoms with Gasteiger partial charge in [-0.25, -0.2) is 39.5 Å². The number of halogens is 12. The summed E-state index contributed by atoms with van der Waals surface area (Å²) in [6.07, 6.45) is -5.60. The Morgan fingerprint density at radius 3 is 1.36 bits per heavy atom. The number of fused-ring (bicyclic) bond motifs is 3. The normalized spacial score (nSPS) is 14.5. The Morgan fingerprint density at radius 1 is 0.576 bits per heavy atom. The summed E-state index contributed by atoms with van der Waals surface area (Å²) in [5.41, 5.74) is -15.8. The van der Waals surface area contributed by atoms with Crippen molar-refractivity contribution in [2.45, 2.75) is 11.8 Å². The van der Waals surface area contributed by atoms with Crippen molar-refractivity contribution in [1.29, 1.82) is 0 Å². The second-order valence-corrected chi connectivity index (χ2v) is 6.91. The molecule has 1 aliphatic carbocycles. The molecule has 33 heavy (non-hydrogen) atoms. The van der Waals surface area contributed by atoms with Crippen LogP contribution in [-0.4, -0.2) is 5.11 Å². The van der Waals surface area contributed by atoms with Crippen LogP contribution in [0.1, 0.15) is 22.3 Å². The highest BCUT2D eigenvalue weighted by Crippen LogP contribution is 2.57. The van der Waals surface area contributed by atoms with Gasteiger partial charge in [0, 0.05) is 27.8 Å². The first kappa shape index (κ1) is 23.0. The maximum Gasteiger partial charge on any atom is 0.416 e. The molecular formula is C20H4F12O. The molecule has 0 heterocycles. The van der Waals surface area contributed by atoms with Crippen molar-refractivity contribution < 1.29 is 57.8 Å². The van der Waals surface area contributed by atoms with E-state index in [0.29, 0.717) is 0 Å². The topological polar surface area (TPSA) is 20.2 Å². The zero-order chi connectivity index (χ0) is 24.8.